The number of rotatable bonds is 11. The summed E-state index contributed by atoms with van der Waals surface area (Å²) < 4.78 is 64.5. The maximum absolute atomic E-state index is 13.9. The van der Waals surface area contributed by atoms with Gasteiger partial charge in [0.15, 0.2) is 52.0 Å². The van der Waals surface area contributed by atoms with E-state index in [1.165, 1.54) is 17.2 Å². The summed E-state index contributed by atoms with van der Waals surface area (Å²) in [5, 5.41) is 29.7. The van der Waals surface area contributed by atoms with Gasteiger partial charge in [-0.15, -0.1) is 19.3 Å². The predicted octanol–water partition coefficient (Wildman–Crippen LogP) is 4.73. The van der Waals surface area contributed by atoms with Gasteiger partial charge in [-0.25, -0.2) is 24.4 Å². The summed E-state index contributed by atoms with van der Waals surface area (Å²) in [6.07, 6.45) is 12.0. The highest BCUT2D eigenvalue weighted by Gasteiger charge is 2.60. The predicted molar refractivity (Wildman–Crippen MR) is 280 cm³/mol. The maximum atomic E-state index is 13.9. The molecule has 12 atom stereocenters. The molecule has 80 heavy (non-hydrogen) atoms. The number of nitrogens with zero attached hydrogens (tertiary/aromatic N) is 8. The average molecular weight is 1100 g/mol. The minimum atomic E-state index is -2.16. The van der Waals surface area contributed by atoms with Crippen LogP contribution in [0, 0.1) is 61.0 Å². The van der Waals surface area contributed by atoms with Gasteiger partial charge in [-0.1, -0.05) is 100 Å². The largest absolute Gasteiger partial charge is 0.437 e. The summed E-state index contributed by atoms with van der Waals surface area (Å²) in [6, 6.07) is 25.6. The third-order valence-electron chi connectivity index (χ3n) is 14.1. The van der Waals surface area contributed by atoms with E-state index in [-0.39, 0.29) is 58.0 Å². The molecule has 3 fully saturated rings. The molecule has 0 spiro atoms. The van der Waals surface area contributed by atoms with Crippen molar-refractivity contribution in [3.05, 3.63) is 132 Å². The van der Waals surface area contributed by atoms with Crippen LogP contribution < -0.4 is 11.5 Å². The summed E-state index contributed by atoms with van der Waals surface area (Å²) in [4.78, 5) is 60.4. The fraction of sp³-hybridized carbons (Fsp3) is 0.339. The molecule has 22 nitrogen and oxygen atoms in total. The van der Waals surface area contributed by atoms with E-state index in [4.69, 9.17) is 59.2 Å². The second kappa shape index (κ2) is 23.6. The van der Waals surface area contributed by atoms with Crippen molar-refractivity contribution in [1.82, 2.24) is 39.0 Å². The lowest BCUT2D eigenvalue weighted by Crippen LogP contribution is -2.48. The normalized spacial score (nSPS) is 27.6. The van der Waals surface area contributed by atoms with Crippen molar-refractivity contribution in [3.8, 4) is 37.0 Å². The van der Waals surface area contributed by atoms with E-state index in [1.54, 1.807) is 91.0 Å². The molecule has 7 N–H and O–H groups in total. The molecule has 3 aliphatic rings. The first-order chi connectivity index (χ1) is 38.3. The molecule has 3 saturated heterocycles. The van der Waals surface area contributed by atoms with Gasteiger partial charge >= 0.3 is 30.1 Å². The maximum Gasteiger partial charge on any atom is 0.340 e. The van der Waals surface area contributed by atoms with Crippen molar-refractivity contribution in [1.29, 1.82) is 0 Å². The molecule has 24 heteroatoms. The van der Waals surface area contributed by atoms with E-state index in [0.717, 1.165) is 4.57 Å². The molecule has 0 saturated carbocycles. The molecule has 0 radical (unpaired) electrons. The van der Waals surface area contributed by atoms with E-state index >= 15 is 0 Å². The number of carbonyl (C=O) groups is 3. The Balaban J connectivity index is 0.000000160. The van der Waals surface area contributed by atoms with E-state index in [1.807, 2.05) is 33.6 Å². The molecule has 4 aromatic heterocycles. The molecular formula is C56H54F2N10O12. The number of carbonyl (C=O) groups excluding carboxylic acids is 3. The third-order valence-corrected chi connectivity index (χ3v) is 14.1. The number of nitrogen functional groups attached to an aromatic ring is 2. The molecular weight excluding hydrogens is 1040 g/mol. The highest BCUT2D eigenvalue weighted by Crippen LogP contribution is 2.48. The monoisotopic (exact) mass is 1100 g/mol. The molecule has 0 bridgehead atoms. The Morgan fingerprint density at radius 2 is 1.05 bits per heavy atom. The van der Waals surface area contributed by atoms with E-state index in [2.05, 4.69) is 41.7 Å². The zero-order valence-electron chi connectivity index (χ0n) is 43.4. The van der Waals surface area contributed by atoms with Crippen LogP contribution in [0.15, 0.2) is 104 Å². The van der Waals surface area contributed by atoms with Crippen LogP contribution in [0.3, 0.4) is 0 Å². The van der Waals surface area contributed by atoms with Crippen molar-refractivity contribution in [3.63, 3.8) is 0 Å². The Hall–Kier alpha value is -8.93. The number of hydrogen-bond acceptors (Lipinski definition) is 20. The number of fused-ring (bicyclic) bond motifs is 2. The Labute approximate surface area is 456 Å². The standard InChI is InChI=1S/C23H22O5.C21H20FN5O3.C12H12FN5O4/c1-4-19-16(3)23(5-2,28-21(25)18-14-10-7-11-15-18)22(26-19)27-20(24)17-12-8-6-9-13-17;1-4-14-12(3)21(5-2,30-18(28)13-9-7-6-8-10-13)19(29-14)27-11-24-15-16(23)25-20(22)26-17(15)27;1-2-12(21)7(20)5(3-19)22-10(12)18-4-15-6-8(14)16-11(13)17-9(6)18/h2,6-16,19,22H,4H2,1,3H3;2,6-12,14,19H,4H2,1,3H3,(H2,23,25,26);1,4-5,7,10,19-21H,3H2,(H2,14,16,17)/t16-,19-,22-,23-;12-,14-,19-,21-;5-,7-,10-,12-/m111/s1. The number of ether oxygens (including phenoxy) is 6. The lowest BCUT2D eigenvalue weighted by molar-refractivity contribution is -0.156. The number of aromatic nitrogens is 8. The van der Waals surface area contributed by atoms with Crippen molar-refractivity contribution in [2.75, 3.05) is 18.1 Å². The molecule has 3 aliphatic heterocycles. The number of halogens is 2. The second-order valence-corrected chi connectivity index (χ2v) is 18.6. The number of hydrogen-bond donors (Lipinski definition) is 5. The van der Waals surface area contributed by atoms with Crippen LogP contribution in [0.1, 0.15) is 84.1 Å². The number of aliphatic hydroxyl groups excluding tert-OH is 2. The molecule has 10 rings (SSSR count). The first-order valence-corrected chi connectivity index (χ1v) is 24.9. The summed E-state index contributed by atoms with van der Waals surface area (Å²) in [5.74, 6) is 4.45. The van der Waals surface area contributed by atoms with Crippen LogP contribution in [0.4, 0.5) is 20.4 Å². The number of imidazole rings is 2. The zero-order chi connectivity index (χ0) is 57.7. The van der Waals surface area contributed by atoms with Crippen molar-refractivity contribution in [2.24, 2.45) is 11.8 Å². The zero-order valence-corrected chi connectivity index (χ0v) is 43.4. The lowest BCUT2D eigenvalue weighted by Gasteiger charge is -2.32. The van der Waals surface area contributed by atoms with Crippen molar-refractivity contribution >= 4 is 51.9 Å². The SMILES string of the molecule is C#C[C@@]1(O)[C@H](O)[C@@H](CO)O[C@H]1n1cnc2c(N)nc(F)nc21.C#C[C@@]1(OC(=O)c2ccccc2)[C@H](C)[C@@H](CC)O[C@H]1n1cnc2c(N)nc(F)nc21.C#C[C@]1(OC(=O)c2ccccc2)[C@@H](OC(=O)c2ccccc2)O[C@H](CC)[C@H]1C. The molecule has 7 aromatic rings. The van der Waals surface area contributed by atoms with Crippen LogP contribution in [-0.4, -0.2) is 126 Å². The van der Waals surface area contributed by atoms with Gasteiger partial charge in [-0.05, 0) is 49.2 Å². The Morgan fingerprint density at radius 3 is 1.49 bits per heavy atom. The van der Waals surface area contributed by atoms with Gasteiger partial charge in [0.05, 0.1) is 48.2 Å². The molecule has 3 aromatic carbocycles. The fourth-order valence-corrected chi connectivity index (χ4v) is 9.61. The van der Waals surface area contributed by atoms with E-state index in [9.17, 15) is 38.5 Å². The second-order valence-electron chi connectivity index (χ2n) is 18.6. The number of esters is 3. The summed E-state index contributed by atoms with van der Waals surface area (Å²) in [5.41, 5.74) is 7.58. The molecule has 0 aliphatic carbocycles. The minimum absolute atomic E-state index is 0.0607. The average Bonchev–Trinajstić information content (AvgIpc) is 4.32. The van der Waals surface area contributed by atoms with Gasteiger partial charge in [0, 0.05) is 11.8 Å². The van der Waals surface area contributed by atoms with Crippen molar-refractivity contribution in [2.45, 2.75) is 101 Å². The van der Waals surface area contributed by atoms with Gasteiger partial charge < -0.3 is 55.2 Å². The van der Waals surface area contributed by atoms with E-state index in [0.29, 0.717) is 29.5 Å². The Kier molecular flexibility index (Phi) is 16.9. The van der Waals surface area contributed by atoms with Crippen LogP contribution >= 0.6 is 0 Å². The number of benzene rings is 3. The van der Waals surface area contributed by atoms with Crippen LogP contribution in [0.5, 0.6) is 0 Å². The molecule has 414 valence electrons. The topological polar surface area (TPSA) is 307 Å². The van der Waals surface area contributed by atoms with E-state index < -0.39 is 84.4 Å². The number of terminal acetylenes is 3. The van der Waals surface area contributed by atoms with Gasteiger partial charge in [-0.2, -0.15) is 28.7 Å². The minimum Gasteiger partial charge on any atom is -0.437 e. The van der Waals surface area contributed by atoms with Gasteiger partial charge in [0.25, 0.3) is 6.29 Å². The fourth-order valence-electron chi connectivity index (χ4n) is 9.61. The Bertz CT molecular complexity index is 3520. The summed E-state index contributed by atoms with van der Waals surface area (Å²) >= 11 is 0. The van der Waals surface area contributed by atoms with Crippen LogP contribution in [0.2, 0.25) is 0 Å². The smallest absolute Gasteiger partial charge is 0.340 e. The number of aliphatic hydroxyl groups is 3. The van der Waals surface area contributed by atoms with Gasteiger partial charge in [0.1, 0.15) is 12.2 Å². The first-order valence-electron chi connectivity index (χ1n) is 24.9. The lowest BCUT2D eigenvalue weighted by atomic mass is 9.85. The first kappa shape index (κ1) is 57.3. The molecule has 0 unspecified atom stereocenters. The van der Waals surface area contributed by atoms with Gasteiger partial charge in [0.2, 0.25) is 11.2 Å². The number of nitrogens with two attached hydrogens (primary N) is 2. The highest BCUT2D eigenvalue weighted by molar-refractivity contribution is 5.91. The quantitative estimate of drug-likeness (QED) is 0.0506. The highest BCUT2D eigenvalue weighted by atomic mass is 19.1. The number of anilines is 2. The van der Waals surface area contributed by atoms with Crippen LogP contribution in [0.25, 0.3) is 22.3 Å². The van der Waals surface area contributed by atoms with Gasteiger partial charge in [-0.3, -0.25) is 9.13 Å². The Morgan fingerprint density at radius 1 is 0.637 bits per heavy atom. The van der Waals surface area contributed by atoms with Crippen LogP contribution in [-0.2, 0) is 28.4 Å². The molecule has 0 amide bonds. The van der Waals surface area contributed by atoms with Crippen molar-refractivity contribution < 1.29 is 66.9 Å². The third kappa shape index (κ3) is 10.6. The summed E-state index contributed by atoms with van der Waals surface area (Å²) in [6.45, 7) is 7.00. The molecule has 7 heterocycles. The summed E-state index contributed by atoms with van der Waals surface area (Å²) in [7, 11) is 0.